The third-order valence-electron chi connectivity index (χ3n) is 4.59. The summed E-state index contributed by atoms with van der Waals surface area (Å²) in [7, 11) is 1.53. The molecule has 0 fully saturated rings. The van der Waals surface area contributed by atoms with E-state index < -0.39 is 0 Å². The summed E-state index contributed by atoms with van der Waals surface area (Å²) in [4.78, 5) is 4.84. The van der Waals surface area contributed by atoms with Gasteiger partial charge in [-0.15, -0.1) is 0 Å². The smallest absolute Gasteiger partial charge is 0.156 e. The Morgan fingerprint density at radius 3 is 2.28 bits per heavy atom. The van der Waals surface area contributed by atoms with E-state index in [0.29, 0.717) is 6.61 Å². The molecule has 0 aromatic heterocycles. The van der Waals surface area contributed by atoms with Gasteiger partial charge in [0.2, 0.25) is 0 Å². The minimum Gasteiger partial charge on any atom is -0.490 e. The van der Waals surface area contributed by atoms with Crippen LogP contribution >= 0.6 is 0 Å². The first-order chi connectivity index (χ1) is 15.3. The van der Waals surface area contributed by atoms with Gasteiger partial charge in [-0.25, -0.2) is 0 Å². The first-order valence-corrected chi connectivity index (χ1v) is 10.7. The van der Waals surface area contributed by atoms with Gasteiger partial charge in [0, 0.05) is 5.56 Å². The van der Waals surface area contributed by atoms with E-state index in [1.807, 2.05) is 90.1 Å². The maximum absolute atomic E-state index is 6.11. The minimum absolute atomic E-state index is 0.282. The zero-order valence-corrected chi connectivity index (χ0v) is 20.1. The van der Waals surface area contributed by atoms with Crippen LogP contribution < -0.4 is 14.2 Å². The zero-order chi connectivity index (χ0) is 23.5. The second-order valence-electron chi connectivity index (χ2n) is 7.46. The van der Waals surface area contributed by atoms with E-state index in [1.165, 1.54) is 7.11 Å². The summed E-state index contributed by atoms with van der Waals surface area (Å²) in [6.07, 6.45) is 3.37. The quantitative estimate of drug-likeness (QED) is 0.214. The number of benzene rings is 2. The molecule has 0 saturated heterocycles. The van der Waals surface area contributed by atoms with Crippen molar-refractivity contribution in [3.8, 4) is 29.1 Å². The number of nitrogens with zero attached hydrogens (tertiary/aromatic N) is 1. The number of hydrogen-bond acceptors (Lipinski definition) is 5. The molecule has 0 radical (unpaired) electrons. The third kappa shape index (κ3) is 7.70. The molecule has 0 bridgehead atoms. The Hall–Kier alpha value is -3.39. The molecule has 0 saturated carbocycles. The normalized spacial score (nSPS) is 13.2. The predicted octanol–water partition coefficient (Wildman–Crippen LogP) is 5.87. The summed E-state index contributed by atoms with van der Waals surface area (Å²) in [5.41, 5.74) is 3.75. The first-order valence-electron chi connectivity index (χ1n) is 10.7. The summed E-state index contributed by atoms with van der Waals surface area (Å²) in [6.45, 7) is 12.3. The van der Waals surface area contributed by atoms with Crippen molar-refractivity contribution < 1.29 is 19.0 Å². The van der Waals surface area contributed by atoms with E-state index in [9.17, 15) is 0 Å². The topological polar surface area (TPSA) is 49.3 Å². The highest BCUT2D eigenvalue weighted by Gasteiger charge is 2.10. The van der Waals surface area contributed by atoms with Crippen molar-refractivity contribution in [2.24, 2.45) is 5.16 Å². The molecule has 0 aliphatic rings. The van der Waals surface area contributed by atoms with E-state index in [1.54, 1.807) is 0 Å². The molecule has 170 valence electrons. The van der Waals surface area contributed by atoms with Crippen molar-refractivity contribution in [3.05, 3.63) is 65.2 Å². The fourth-order valence-corrected chi connectivity index (χ4v) is 3.08. The molecule has 0 amide bonds. The van der Waals surface area contributed by atoms with Crippen LogP contribution in [0.15, 0.2) is 53.7 Å². The SMILES string of the molecule is C/C=C/COc1cc(C)c(OC(C)C#CC(C)Oc2cccc(C(C)=NOC)c2)c(C)c1. The standard InChI is InChI=1S/C27H33NO4/c1-8-9-15-30-26-16-19(2)27(20(3)17-26)32-22(5)14-13-21(4)31-25-12-10-11-24(18-25)23(6)28-29-7/h8-12,16-18,21-22H,15H2,1-7H3/b9-8+,28-23?. The van der Waals surface area contributed by atoms with Gasteiger partial charge < -0.3 is 19.0 Å². The number of allylic oxidation sites excluding steroid dienone is 1. The van der Waals surface area contributed by atoms with E-state index in [2.05, 4.69) is 17.0 Å². The van der Waals surface area contributed by atoms with Gasteiger partial charge in [-0.1, -0.05) is 41.3 Å². The summed E-state index contributed by atoms with van der Waals surface area (Å²) in [5.74, 6) is 8.65. The van der Waals surface area contributed by atoms with E-state index >= 15 is 0 Å². The van der Waals surface area contributed by atoms with Crippen molar-refractivity contribution in [2.75, 3.05) is 13.7 Å². The minimum atomic E-state index is -0.291. The average Bonchev–Trinajstić information content (AvgIpc) is 2.75. The van der Waals surface area contributed by atoms with Crippen LogP contribution in [0, 0.1) is 25.7 Å². The van der Waals surface area contributed by atoms with Crippen LogP contribution in [0.3, 0.4) is 0 Å². The molecule has 2 aromatic rings. The van der Waals surface area contributed by atoms with Gasteiger partial charge in [0.25, 0.3) is 0 Å². The lowest BCUT2D eigenvalue weighted by Gasteiger charge is -2.16. The van der Waals surface area contributed by atoms with Crippen molar-refractivity contribution in [1.29, 1.82) is 0 Å². The fraction of sp³-hybridized carbons (Fsp3) is 0.370. The molecule has 5 nitrogen and oxygen atoms in total. The maximum atomic E-state index is 6.11. The highest BCUT2D eigenvalue weighted by molar-refractivity contribution is 5.98. The molecule has 0 N–H and O–H groups in total. The van der Waals surface area contributed by atoms with Crippen molar-refractivity contribution in [2.45, 2.75) is 53.8 Å². The second-order valence-corrected chi connectivity index (χ2v) is 7.46. The van der Waals surface area contributed by atoms with Crippen LogP contribution in [0.2, 0.25) is 0 Å². The highest BCUT2D eigenvalue weighted by atomic mass is 16.6. The Morgan fingerprint density at radius 2 is 1.66 bits per heavy atom. The number of rotatable bonds is 9. The van der Waals surface area contributed by atoms with Crippen LogP contribution in [0.5, 0.6) is 17.2 Å². The highest BCUT2D eigenvalue weighted by Crippen LogP contribution is 2.29. The summed E-state index contributed by atoms with van der Waals surface area (Å²) >= 11 is 0. The van der Waals surface area contributed by atoms with Crippen LogP contribution in [0.4, 0.5) is 0 Å². The lowest BCUT2D eigenvalue weighted by molar-refractivity contribution is 0.213. The molecular weight excluding hydrogens is 402 g/mol. The van der Waals surface area contributed by atoms with Crippen LogP contribution in [0.1, 0.15) is 44.4 Å². The Labute approximate surface area is 192 Å². The van der Waals surface area contributed by atoms with Crippen LogP contribution in [-0.4, -0.2) is 31.6 Å². The third-order valence-corrected chi connectivity index (χ3v) is 4.59. The molecule has 2 aromatic carbocycles. The second kappa shape index (κ2) is 12.5. The lowest BCUT2D eigenvalue weighted by atomic mass is 10.1. The number of hydrogen-bond donors (Lipinski definition) is 0. The number of ether oxygens (including phenoxy) is 3. The first kappa shape index (κ1) is 24.9. The summed E-state index contributed by atoms with van der Waals surface area (Å²) < 4.78 is 17.8. The van der Waals surface area contributed by atoms with Crippen molar-refractivity contribution in [3.63, 3.8) is 0 Å². The van der Waals surface area contributed by atoms with Gasteiger partial charge in [-0.3, -0.25) is 0 Å². The van der Waals surface area contributed by atoms with Gasteiger partial charge >= 0.3 is 0 Å². The van der Waals surface area contributed by atoms with Gasteiger partial charge in [0.1, 0.15) is 31.0 Å². The number of oxime groups is 1. The van der Waals surface area contributed by atoms with Gasteiger partial charge in [0.05, 0.1) is 5.71 Å². The van der Waals surface area contributed by atoms with E-state index in [-0.39, 0.29) is 12.2 Å². The Kier molecular flexibility index (Phi) is 9.69. The largest absolute Gasteiger partial charge is 0.490 e. The molecular formula is C27H33NO4. The summed E-state index contributed by atoms with van der Waals surface area (Å²) in [6, 6.07) is 11.7. The van der Waals surface area contributed by atoms with E-state index in [4.69, 9.17) is 19.0 Å². The van der Waals surface area contributed by atoms with Gasteiger partial charge in [0.15, 0.2) is 12.2 Å². The molecule has 5 heteroatoms. The summed E-state index contributed by atoms with van der Waals surface area (Å²) in [5, 5.41) is 3.96. The zero-order valence-electron chi connectivity index (χ0n) is 20.1. The lowest BCUT2D eigenvalue weighted by Crippen LogP contribution is -2.14. The van der Waals surface area contributed by atoms with Gasteiger partial charge in [-0.2, -0.15) is 0 Å². The van der Waals surface area contributed by atoms with E-state index in [0.717, 1.165) is 39.7 Å². The fourth-order valence-electron chi connectivity index (χ4n) is 3.08. The predicted molar refractivity (Wildman–Crippen MR) is 130 cm³/mol. The molecule has 0 aliphatic carbocycles. The van der Waals surface area contributed by atoms with Gasteiger partial charge in [-0.05, 0) is 76.9 Å². The molecule has 2 rings (SSSR count). The molecule has 2 unspecified atom stereocenters. The Bertz CT molecular complexity index is 991. The molecule has 0 aliphatic heterocycles. The number of aryl methyl sites for hydroxylation is 2. The average molecular weight is 436 g/mol. The monoisotopic (exact) mass is 435 g/mol. The Balaban J connectivity index is 2.01. The van der Waals surface area contributed by atoms with Crippen molar-refractivity contribution >= 4 is 5.71 Å². The maximum Gasteiger partial charge on any atom is 0.156 e. The molecule has 0 heterocycles. The molecule has 32 heavy (non-hydrogen) atoms. The van der Waals surface area contributed by atoms with Crippen LogP contribution in [0.25, 0.3) is 0 Å². The van der Waals surface area contributed by atoms with Crippen molar-refractivity contribution in [1.82, 2.24) is 0 Å². The molecule has 0 spiro atoms. The Morgan fingerprint density at radius 1 is 1.00 bits per heavy atom. The van der Waals surface area contributed by atoms with Crippen LogP contribution in [-0.2, 0) is 4.84 Å². The molecule has 2 atom stereocenters.